The van der Waals surface area contributed by atoms with E-state index in [-0.39, 0.29) is 41.0 Å². The number of aliphatic imine (C=N–C) groups is 1. The van der Waals surface area contributed by atoms with Crippen LogP contribution in [0.4, 0.5) is 14.5 Å². The topological polar surface area (TPSA) is 110 Å². The van der Waals surface area contributed by atoms with Crippen LogP contribution >= 0.6 is 0 Å². The van der Waals surface area contributed by atoms with Gasteiger partial charge in [0.15, 0.2) is 17.4 Å². The third kappa shape index (κ3) is 5.35. The molecule has 0 unspecified atom stereocenters. The van der Waals surface area contributed by atoms with Crippen molar-refractivity contribution in [1.82, 2.24) is 14.9 Å². The number of halogens is 2. The number of amides is 1. The summed E-state index contributed by atoms with van der Waals surface area (Å²) < 4.78 is 53.0. The maximum Gasteiger partial charge on any atom is 0.289 e. The Labute approximate surface area is 252 Å². The first-order valence-electron chi connectivity index (χ1n) is 14.5. The molecule has 7 rings (SSSR count). The number of benzene rings is 2. The third-order valence-electron chi connectivity index (χ3n) is 8.04. The van der Waals surface area contributed by atoms with E-state index in [0.29, 0.717) is 61.6 Å². The standard InChI is InChI=1S/C32H31F2N5O5/c1-18-12-39(13-19(2)43-18)30(40)21-5-3-20(4-6-21)23-11-36-29-27(23)26(7-8-35-29)44-28-24(33)9-22(10-25(28)34)38-31-37-14-32(17-42-31)15-41-16-32/h3-11,18-19H,12-17H2,1-2H3,(H,35,36)(H,37,38)/t18-,19+. The van der Waals surface area contributed by atoms with E-state index in [1.165, 1.54) is 6.20 Å². The molecule has 3 aliphatic heterocycles. The minimum absolute atomic E-state index is 0.0305. The summed E-state index contributed by atoms with van der Waals surface area (Å²) in [7, 11) is 0. The summed E-state index contributed by atoms with van der Waals surface area (Å²) in [6.07, 6.45) is 3.18. The normalized spacial score (nSPS) is 21.0. The minimum atomic E-state index is -0.899. The molecule has 0 radical (unpaired) electrons. The number of pyridine rings is 1. The number of carbonyl (C=O) groups is 1. The number of morpholine rings is 1. The van der Waals surface area contributed by atoms with E-state index in [9.17, 15) is 4.79 Å². The van der Waals surface area contributed by atoms with Crippen LogP contribution in [0.3, 0.4) is 0 Å². The van der Waals surface area contributed by atoms with E-state index in [4.69, 9.17) is 18.9 Å². The molecule has 0 saturated carbocycles. The van der Waals surface area contributed by atoms with Crippen molar-refractivity contribution in [2.24, 2.45) is 10.4 Å². The van der Waals surface area contributed by atoms with Crippen molar-refractivity contribution >= 4 is 28.6 Å². The SMILES string of the molecule is C[C@@H]1CN(C(=O)c2ccc(-c3c[nH]c4nccc(Oc5c(F)cc(NC6=NCC7(COC7)CO6)cc5F)c34)cc2)C[C@H](C)O1. The fourth-order valence-electron chi connectivity index (χ4n) is 5.81. The number of anilines is 1. The summed E-state index contributed by atoms with van der Waals surface area (Å²) in [5.41, 5.74) is 2.56. The molecule has 2 aromatic heterocycles. The predicted molar refractivity (Wildman–Crippen MR) is 159 cm³/mol. The number of nitrogens with one attached hydrogen (secondary N) is 2. The number of ether oxygens (including phenoxy) is 4. The average molecular weight is 604 g/mol. The fourth-order valence-corrected chi connectivity index (χ4v) is 5.81. The molecule has 4 aromatic rings. The monoisotopic (exact) mass is 603 g/mol. The lowest BCUT2D eigenvalue weighted by atomic mass is 9.87. The molecular formula is C32H31F2N5O5. The highest BCUT2D eigenvalue weighted by Gasteiger charge is 2.42. The molecule has 2 N–H and O–H groups in total. The number of aromatic nitrogens is 2. The van der Waals surface area contributed by atoms with Gasteiger partial charge in [0, 0.05) is 54.4 Å². The van der Waals surface area contributed by atoms with Crippen molar-refractivity contribution in [3.63, 3.8) is 0 Å². The van der Waals surface area contributed by atoms with Crippen molar-refractivity contribution < 1.29 is 32.5 Å². The van der Waals surface area contributed by atoms with Crippen LogP contribution in [0.5, 0.6) is 11.5 Å². The zero-order chi connectivity index (χ0) is 30.4. The molecule has 12 heteroatoms. The van der Waals surface area contributed by atoms with Gasteiger partial charge in [-0.25, -0.2) is 18.8 Å². The molecule has 2 atom stereocenters. The van der Waals surface area contributed by atoms with E-state index in [1.54, 1.807) is 29.3 Å². The molecule has 1 amide bonds. The van der Waals surface area contributed by atoms with Gasteiger partial charge in [-0.2, -0.15) is 0 Å². The second-order valence-corrected chi connectivity index (χ2v) is 11.7. The molecular weight excluding hydrogens is 572 g/mol. The number of fused-ring (bicyclic) bond motifs is 1. The molecule has 1 spiro atoms. The first-order valence-corrected chi connectivity index (χ1v) is 14.5. The lowest BCUT2D eigenvalue weighted by Crippen LogP contribution is -2.51. The number of rotatable bonds is 5. The first-order chi connectivity index (χ1) is 21.3. The maximum absolute atomic E-state index is 15.2. The number of hydrogen-bond donors (Lipinski definition) is 2. The summed E-state index contributed by atoms with van der Waals surface area (Å²) in [5.74, 6) is -2.20. The van der Waals surface area contributed by atoms with Crippen LogP contribution in [-0.2, 0) is 14.2 Å². The van der Waals surface area contributed by atoms with Crippen LogP contribution in [-0.4, -0.2) is 78.5 Å². The van der Waals surface area contributed by atoms with Crippen molar-refractivity contribution in [3.05, 3.63) is 72.1 Å². The lowest BCUT2D eigenvalue weighted by molar-refractivity contribution is -0.132. The van der Waals surface area contributed by atoms with E-state index >= 15 is 8.78 Å². The molecule has 2 fully saturated rings. The number of H-pyrrole nitrogens is 1. The fraction of sp³-hybridized carbons (Fsp3) is 0.344. The molecule has 44 heavy (non-hydrogen) atoms. The van der Waals surface area contributed by atoms with Crippen molar-refractivity contribution in [3.8, 4) is 22.6 Å². The zero-order valence-electron chi connectivity index (χ0n) is 24.2. The van der Waals surface area contributed by atoms with Gasteiger partial charge in [-0.05, 0) is 37.6 Å². The van der Waals surface area contributed by atoms with E-state index in [0.717, 1.165) is 17.7 Å². The number of hydrogen-bond acceptors (Lipinski definition) is 8. The van der Waals surface area contributed by atoms with Crippen LogP contribution in [0, 0.1) is 17.0 Å². The molecule has 2 saturated heterocycles. The molecule has 0 aliphatic carbocycles. The maximum atomic E-state index is 15.2. The van der Waals surface area contributed by atoms with Gasteiger partial charge in [-0.15, -0.1) is 0 Å². The largest absolute Gasteiger partial charge is 0.464 e. The number of amidine groups is 1. The Kier molecular flexibility index (Phi) is 7.17. The van der Waals surface area contributed by atoms with Gasteiger partial charge < -0.3 is 34.1 Å². The van der Waals surface area contributed by atoms with Crippen LogP contribution in [0.25, 0.3) is 22.2 Å². The van der Waals surface area contributed by atoms with Gasteiger partial charge in [-0.1, -0.05) is 12.1 Å². The molecule has 228 valence electrons. The average Bonchev–Trinajstić information content (AvgIpc) is 3.43. The van der Waals surface area contributed by atoms with Crippen molar-refractivity contribution in [2.75, 3.05) is 44.8 Å². The second kappa shape index (κ2) is 11.2. The molecule has 5 heterocycles. The first kappa shape index (κ1) is 28.2. The molecule has 0 bridgehead atoms. The quantitative estimate of drug-likeness (QED) is 0.316. The Morgan fingerprint density at radius 2 is 1.80 bits per heavy atom. The van der Waals surface area contributed by atoms with Crippen molar-refractivity contribution in [1.29, 1.82) is 0 Å². The van der Waals surface area contributed by atoms with Gasteiger partial charge in [-0.3, -0.25) is 4.79 Å². The summed E-state index contributed by atoms with van der Waals surface area (Å²) in [5, 5.41) is 3.38. The smallest absolute Gasteiger partial charge is 0.289 e. The number of nitrogens with zero attached hydrogens (tertiary/aromatic N) is 3. The van der Waals surface area contributed by atoms with Crippen molar-refractivity contribution in [2.45, 2.75) is 26.1 Å². The highest BCUT2D eigenvalue weighted by atomic mass is 19.1. The third-order valence-corrected chi connectivity index (χ3v) is 8.04. The van der Waals surface area contributed by atoms with Crippen LogP contribution < -0.4 is 10.1 Å². The van der Waals surface area contributed by atoms with Gasteiger partial charge in [0.1, 0.15) is 18.0 Å². The Balaban J connectivity index is 1.11. The van der Waals surface area contributed by atoms with Crippen LogP contribution in [0.2, 0.25) is 0 Å². The Morgan fingerprint density at radius 1 is 1.07 bits per heavy atom. The molecule has 3 aliphatic rings. The molecule has 2 aromatic carbocycles. The summed E-state index contributed by atoms with van der Waals surface area (Å²) >= 11 is 0. The van der Waals surface area contributed by atoms with Gasteiger partial charge in [0.2, 0.25) is 0 Å². The minimum Gasteiger partial charge on any atom is -0.464 e. The predicted octanol–water partition coefficient (Wildman–Crippen LogP) is 5.36. The highest BCUT2D eigenvalue weighted by Crippen LogP contribution is 2.39. The Morgan fingerprint density at radius 3 is 2.43 bits per heavy atom. The van der Waals surface area contributed by atoms with E-state index in [1.807, 2.05) is 26.0 Å². The lowest BCUT2D eigenvalue weighted by Gasteiger charge is -2.41. The highest BCUT2D eigenvalue weighted by molar-refractivity contribution is 5.99. The van der Waals surface area contributed by atoms with Gasteiger partial charge in [0.05, 0.1) is 42.8 Å². The van der Waals surface area contributed by atoms with E-state index < -0.39 is 17.4 Å². The van der Waals surface area contributed by atoms with Crippen LogP contribution in [0.1, 0.15) is 24.2 Å². The summed E-state index contributed by atoms with van der Waals surface area (Å²) in [4.78, 5) is 26.7. The zero-order valence-corrected chi connectivity index (χ0v) is 24.2. The molecule has 10 nitrogen and oxygen atoms in total. The van der Waals surface area contributed by atoms with Gasteiger partial charge >= 0.3 is 0 Å². The summed E-state index contributed by atoms with van der Waals surface area (Å²) in [6.45, 7) is 7.08. The Bertz CT molecular complexity index is 1720. The van der Waals surface area contributed by atoms with E-state index in [2.05, 4.69) is 20.3 Å². The van der Waals surface area contributed by atoms with Crippen LogP contribution in [0.15, 0.2) is 59.9 Å². The second-order valence-electron chi connectivity index (χ2n) is 11.7. The van der Waals surface area contributed by atoms with Gasteiger partial charge in [0.25, 0.3) is 11.9 Å². The number of carbonyl (C=O) groups excluding carboxylic acids is 1. The Hall–Kier alpha value is -4.55. The summed E-state index contributed by atoms with van der Waals surface area (Å²) in [6, 6.07) is 11.2. The number of aromatic amines is 1.